The monoisotopic (exact) mass is 1220 g/mol. The Balaban J connectivity index is 1.94. The molecule has 0 saturated carbocycles. The van der Waals surface area contributed by atoms with Crippen molar-refractivity contribution in [1.29, 1.82) is 0 Å². The van der Waals surface area contributed by atoms with Gasteiger partial charge in [-0.15, -0.1) is 0 Å². The zero-order valence-corrected chi connectivity index (χ0v) is 54.6. The maximum Gasteiger partial charge on any atom is 0.254 e. The second-order valence-electron chi connectivity index (χ2n) is 24.6. The number of hydrogen-bond donors (Lipinski definition) is 5. The van der Waals surface area contributed by atoms with Crippen LogP contribution in [0.2, 0.25) is 0 Å². The van der Waals surface area contributed by atoms with Crippen LogP contribution >= 0.6 is 0 Å². The number of nitrogens with zero attached hydrogens (tertiary/aromatic N) is 7. The Morgan fingerprint density at radius 3 is 1.38 bits per heavy atom. The molecule has 1 saturated heterocycles. The smallest absolute Gasteiger partial charge is 0.254 e. The summed E-state index contributed by atoms with van der Waals surface area (Å²) in [5.41, 5.74) is 7.09. The zero-order chi connectivity index (χ0) is 65.9. The number of benzene rings is 2. The first kappa shape index (κ1) is 73.8. The highest BCUT2D eigenvalue weighted by atomic mass is 16.3. The number of carbonyl (C=O) groups excluding carboxylic acids is 11. The summed E-state index contributed by atoms with van der Waals surface area (Å²) in [6, 6.07) is 6.19. The first-order valence-electron chi connectivity index (χ1n) is 30.5. The van der Waals surface area contributed by atoms with Gasteiger partial charge in [-0.3, -0.25) is 52.7 Å². The highest BCUT2D eigenvalue weighted by molar-refractivity contribution is 6.09. The average Bonchev–Trinajstić information content (AvgIpc) is 2.82. The van der Waals surface area contributed by atoms with Crippen LogP contribution in [0.1, 0.15) is 126 Å². The summed E-state index contributed by atoms with van der Waals surface area (Å²) in [6.07, 6.45) is 1.72. The van der Waals surface area contributed by atoms with Crippen molar-refractivity contribution in [2.24, 2.45) is 29.4 Å². The zero-order valence-electron chi connectivity index (χ0n) is 54.6. The SMILES string of the molecule is CC[C@H](C)[C@H](C)C(=O)N(C)[C@@H](Cc1ccccc1)C(=O)N(C)[C@@H](Cc1ccccc1)C(=O)N[C@H](C(=O)N(C)[C@@H](C)C(=O)N(C)[C@@H](CC(C)C)C(=O)N[C@@H](C(=O)N[C@H](C)C(=O)N(C)[C@@H](C)C(=O)N(C)[C@@H](CC(C)C)C(N)=O)C(=O)N1CCCCC1)[C@@H](C)O. The normalized spacial score (nSPS) is 16.6. The largest absolute Gasteiger partial charge is 0.391 e. The number of carbonyl (C=O) groups is 11. The van der Waals surface area contributed by atoms with Gasteiger partial charge in [0.2, 0.25) is 53.2 Å². The lowest BCUT2D eigenvalue weighted by molar-refractivity contribution is -0.152. The third-order valence-electron chi connectivity index (χ3n) is 17.1. The molecule has 2 aromatic carbocycles. The van der Waals surface area contributed by atoms with Gasteiger partial charge in [0.05, 0.1) is 6.10 Å². The third kappa shape index (κ3) is 20.3. The second kappa shape index (κ2) is 34.2. The molecule has 23 heteroatoms. The van der Waals surface area contributed by atoms with Crippen molar-refractivity contribution in [2.75, 3.05) is 55.4 Å². The molecular formula is C64H101N11O12. The number of nitrogens with one attached hydrogen (secondary N) is 3. The molecular weight excluding hydrogens is 1110 g/mol. The number of piperidine rings is 1. The van der Waals surface area contributed by atoms with Gasteiger partial charge in [-0.2, -0.15) is 0 Å². The van der Waals surface area contributed by atoms with Crippen molar-refractivity contribution in [1.82, 2.24) is 50.2 Å². The summed E-state index contributed by atoms with van der Waals surface area (Å²) in [7, 11) is 8.45. The number of likely N-dealkylation sites (N-methyl/N-ethyl adjacent to an activating group) is 6. The van der Waals surface area contributed by atoms with E-state index in [1.807, 2.05) is 65.0 Å². The van der Waals surface area contributed by atoms with Crippen LogP contribution in [0.15, 0.2) is 60.7 Å². The Morgan fingerprint density at radius 2 is 0.920 bits per heavy atom. The van der Waals surface area contributed by atoms with Gasteiger partial charge >= 0.3 is 0 Å². The molecule has 2 aromatic rings. The first-order valence-corrected chi connectivity index (χ1v) is 30.5. The van der Waals surface area contributed by atoms with E-state index in [1.165, 1.54) is 82.5 Å². The minimum atomic E-state index is -1.87. The van der Waals surface area contributed by atoms with Gasteiger partial charge in [-0.05, 0) is 88.7 Å². The number of aliphatic hydroxyl groups excluding tert-OH is 1. The van der Waals surface area contributed by atoms with E-state index in [1.54, 1.807) is 51.2 Å². The van der Waals surface area contributed by atoms with E-state index in [4.69, 9.17) is 5.73 Å². The van der Waals surface area contributed by atoms with Crippen LogP contribution in [0.3, 0.4) is 0 Å². The standard InChI is InChI=1S/C64H101N11O12/c1-18-40(6)41(7)58(81)74(17)51(37-47-30-24-20-25-31-47)62(85)73(16)50(36-46-28-22-19-23-29-46)56(79)67-52(45(11)76)63(86)70(13)44(10)61(84)72(15)49(35-39(4)5)55(78)68-53(64(87)75-32-26-21-27-33-75)57(80)66-42(8)59(82)69(12)43(9)60(83)71(14)48(54(65)77)34-38(2)3/h19-20,22-25,28-31,38-45,48-53,76H,18,21,26-27,32-37H2,1-17H3,(H2,65,77)(H,66,80)(H,67,79)(H,68,78)/t40-,41-,42+,43-,44-,45+,48-,49-,50-,51-,52-,53-/m0/s1. The Morgan fingerprint density at radius 1 is 0.494 bits per heavy atom. The summed E-state index contributed by atoms with van der Waals surface area (Å²) >= 11 is 0. The van der Waals surface area contributed by atoms with Gasteiger partial charge in [0, 0.05) is 74.1 Å². The molecule has 0 unspecified atom stereocenters. The van der Waals surface area contributed by atoms with Crippen LogP contribution in [-0.2, 0) is 65.6 Å². The molecule has 3 rings (SSSR count). The predicted molar refractivity (Wildman–Crippen MR) is 331 cm³/mol. The number of nitrogens with two attached hydrogens (primary N) is 1. The van der Waals surface area contributed by atoms with Gasteiger partial charge in [-0.25, -0.2) is 0 Å². The predicted octanol–water partition coefficient (Wildman–Crippen LogP) is 2.60. The summed E-state index contributed by atoms with van der Waals surface area (Å²) in [5, 5.41) is 19.1. The van der Waals surface area contributed by atoms with E-state index in [2.05, 4.69) is 16.0 Å². The number of amides is 11. The highest BCUT2D eigenvalue weighted by Crippen LogP contribution is 2.23. The molecule has 0 aliphatic carbocycles. The molecule has 0 aromatic heterocycles. The molecule has 1 aliphatic heterocycles. The average molecular weight is 1220 g/mol. The van der Waals surface area contributed by atoms with Gasteiger partial charge in [-0.1, -0.05) is 116 Å². The van der Waals surface area contributed by atoms with Crippen LogP contribution < -0.4 is 21.7 Å². The molecule has 1 heterocycles. The molecule has 0 spiro atoms. The minimum Gasteiger partial charge on any atom is -0.391 e. The molecule has 484 valence electrons. The lowest BCUT2D eigenvalue weighted by Gasteiger charge is -2.37. The second-order valence-corrected chi connectivity index (χ2v) is 24.6. The van der Waals surface area contributed by atoms with Crippen molar-refractivity contribution in [2.45, 2.75) is 188 Å². The number of likely N-dealkylation sites (tertiary alicyclic amines) is 1. The van der Waals surface area contributed by atoms with E-state index in [0.717, 1.165) is 33.1 Å². The van der Waals surface area contributed by atoms with Crippen molar-refractivity contribution < 1.29 is 57.8 Å². The fourth-order valence-electron chi connectivity index (χ4n) is 10.6. The van der Waals surface area contributed by atoms with E-state index in [-0.39, 0.29) is 49.3 Å². The minimum absolute atomic E-state index is 0.0171. The maximum atomic E-state index is 14.9. The highest BCUT2D eigenvalue weighted by Gasteiger charge is 2.43. The van der Waals surface area contributed by atoms with E-state index >= 15 is 0 Å². The fourth-order valence-corrected chi connectivity index (χ4v) is 10.6. The Bertz CT molecular complexity index is 2670. The van der Waals surface area contributed by atoms with E-state index in [9.17, 15) is 57.8 Å². The van der Waals surface area contributed by atoms with Crippen molar-refractivity contribution in [3.8, 4) is 0 Å². The summed E-state index contributed by atoms with van der Waals surface area (Å²) < 4.78 is 0. The molecule has 87 heavy (non-hydrogen) atoms. The number of hydrogen-bond acceptors (Lipinski definition) is 12. The lowest BCUT2D eigenvalue weighted by Crippen LogP contribution is -2.63. The number of rotatable bonds is 31. The number of aliphatic hydroxyl groups is 1. The fraction of sp³-hybridized carbons (Fsp3) is 0.641. The Hall–Kier alpha value is -7.43. The van der Waals surface area contributed by atoms with Crippen molar-refractivity contribution in [3.05, 3.63) is 71.8 Å². The van der Waals surface area contributed by atoms with Crippen LogP contribution in [-0.4, -0.2) is 220 Å². The Kier molecular flexibility index (Phi) is 29.0. The molecule has 1 fully saturated rings. The lowest BCUT2D eigenvalue weighted by atomic mass is 9.91. The van der Waals surface area contributed by atoms with Crippen LogP contribution in [0.25, 0.3) is 0 Å². The molecule has 6 N–H and O–H groups in total. The molecule has 11 amide bonds. The van der Waals surface area contributed by atoms with Gasteiger partial charge in [0.15, 0.2) is 6.04 Å². The molecule has 23 nitrogen and oxygen atoms in total. The topological polar surface area (TPSA) is 293 Å². The third-order valence-corrected chi connectivity index (χ3v) is 17.1. The van der Waals surface area contributed by atoms with E-state index in [0.29, 0.717) is 31.5 Å². The van der Waals surface area contributed by atoms with Gasteiger partial charge in [0.1, 0.15) is 48.3 Å². The van der Waals surface area contributed by atoms with Gasteiger partial charge < -0.3 is 61.1 Å². The molecule has 0 radical (unpaired) electrons. The molecule has 0 bridgehead atoms. The Labute approximate surface area is 515 Å². The summed E-state index contributed by atoms with van der Waals surface area (Å²) in [6.45, 7) is 19.2. The van der Waals surface area contributed by atoms with E-state index < -0.39 is 125 Å². The summed E-state index contributed by atoms with van der Waals surface area (Å²) in [5.74, 6) is -8.53. The molecule has 1 aliphatic rings. The molecule has 12 atom stereocenters. The maximum absolute atomic E-state index is 14.9. The van der Waals surface area contributed by atoms with Crippen LogP contribution in [0, 0.1) is 23.7 Å². The number of primary amides is 1. The van der Waals surface area contributed by atoms with Gasteiger partial charge in [0.25, 0.3) is 11.8 Å². The van der Waals surface area contributed by atoms with Crippen molar-refractivity contribution >= 4 is 65.0 Å². The first-order chi connectivity index (χ1) is 40.7. The van der Waals surface area contributed by atoms with Crippen molar-refractivity contribution in [3.63, 3.8) is 0 Å². The summed E-state index contributed by atoms with van der Waals surface area (Å²) in [4.78, 5) is 165. The van der Waals surface area contributed by atoms with Crippen LogP contribution in [0.5, 0.6) is 0 Å². The van der Waals surface area contributed by atoms with Crippen LogP contribution in [0.4, 0.5) is 0 Å². The quantitative estimate of drug-likeness (QED) is 0.0682.